The normalized spacial score (nSPS) is 12.3. The van der Waals surface area contributed by atoms with Gasteiger partial charge in [0.05, 0.1) is 5.69 Å². The Morgan fingerprint density at radius 3 is 3.00 bits per heavy atom. The summed E-state index contributed by atoms with van der Waals surface area (Å²) in [7, 11) is 0. The Bertz CT molecular complexity index is 557. The van der Waals surface area contributed by atoms with E-state index in [4.69, 9.17) is 0 Å². The van der Waals surface area contributed by atoms with Crippen LogP contribution in [0.5, 0.6) is 0 Å². The highest BCUT2D eigenvalue weighted by Crippen LogP contribution is 2.33. The first-order valence-electron chi connectivity index (χ1n) is 4.51. The maximum Gasteiger partial charge on any atom is 0.264 e. The molecule has 0 atom stereocenters. The maximum atomic E-state index is 11.1. The van der Waals surface area contributed by atoms with Crippen LogP contribution in [0.3, 0.4) is 0 Å². The minimum Gasteiger partial charge on any atom is -0.268 e. The molecule has 0 unspecified atom stereocenters. The van der Waals surface area contributed by atoms with Crippen LogP contribution < -0.4 is 5.56 Å². The van der Waals surface area contributed by atoms with Gasteiger partial charge in [-0.15, -0.1) is 0 Å². The highest BCUT2D eigenvalue weighted by molar-refractivity contribution is 5.74. The third-order valence-electron chi connectivity index (χ3n) is 2.55. The van der Waals surface area contributed by atoms with E-state index in [1.54, 1.807) is 6.07 Å². The van der Waals surface area contributed by atoms with Crippen LogP contribution in [0.2, 0.25) is 0 Å². The van der Waals surface area contributed by atoms with Crippen molar-refractivity contribution in [2.24, 2.45) is 0 Å². The minimum absolute atomic E-state index is 0.138. The first kappa shape index (κ1) is 7.50. The topological polar surface area (TPSA) is 45.8 Å². The third kappa shape index (κ3) is 0.923. The summed E-state index contributed by atoms with van der Waals surface area (Å²) in [6, 6.07) is 9.71. The average Bonchev–Trinajstić information content (AvgIpc) is 2.56. The lowest BCUT2D eigenvalue weighted by molar-refractivity contribution is 0.930. The number of fused-ring (bicyclic) bond motifs is 3. The van der Waals surface area contributed by atoms with E-state index in [1.807, 2.05) is 18.2 Å². The standard InChI is InChI=1S/C11H8N2O/c14-11-6-9-8-4-2-1-3-7(8)5-10(9)12-13-11/h1-4,6H,5H2,(H,13,14). The Balaban J connectivity index is 2.35. The van der Waals surface area contributed by atoms with Crippen molar-refractivity contribution in [3.63, 3.8) is 0 Å². The summed E-state index contributed by atoms with van der Waals surface area (Å²) in [4.78, 5) is 11.1. The molecule has 1 aliphatic rings. The summed E-state index contributed by atoms with van der Waals surface area (Å²) >= 11 is 0. The summed E-state index contributed by atoms with van der Waals surface area (Å²) in [6.07, 6.45) is 0.822. The van der Waals surface area contributed by atoms with Gasteiger partial charge in [0, 0.05) is 18.1 Å². The lowest BCUT2D eigenvalue weighted by Gasteiger charge is -1.96. The minimum atomic E-state index is -0.138. The van der Waals surface area contributed by atoms with Crippen molar-refractivity contribution in [1.82, 2.24) is 10.2 Å². The van der Waals surface area contributed by atoms with Gasteiger partial charge in [0.15, 0.2) is 0 Å². The van der Waals surface area contributed by atoms with Gasteiger partial charge in [-0.1, -0.05) is 24.3 Å². The first-order chi connectivity index (χ1) is 6.84. The van der Waals surface area contributed by atoms with Crippen LogP contribution in [0, 0.1) is 0 Å². The predicted molar refractivity (Wildman–Crippen MR) is 53.1 cm³/mol. The molecule has 1 N–H and O–H groups in total. The van der Waals surface area contributed by atoms with Crippen LogP contribution in [-0.2, 0) is 6.42 Å². The number of hydrogen-bond donors (Lipinski definition) is 1. The van der Waals surface area contributed by atoms with E-state index in [0.29, 0.717) is 0 Å². The smallest absolute Gasteiger partial charge is 0.264 e. The van der Waals surface area contributed by atoms with Crippen molar-refractivity contribution < 1.29 is 0 Å². The zero-order valence-corrected chi connectivity index (χ0v) is 7.45. The number of benzene rings is 1. The Morgan fingerprint density at radius 1 is 1.21 bits per heavy atom. The van der Waals surface area contributed by atoms with E-state index in [9.17, 15) is 4.79 Å². The first-order valence-corrected chi connectivity index (χ1v) is 4.51. The monoisotopic (exact) mass is 184 g/mol. The molecule has 0 saturated heterocycles. The molecule has 1 aromatic heterocycles. The average molecular weight is 184 g/mol. The second-order valence-corrected chi connectivity index (χ2v) is 3.43. The Kier molecular flexibility index (Phi) is 1.36. The molecule has 0 spiro atoms. The molecule has 0 aliphatic heterocycles. The maximum absolute atomic E-state index is 11.1. The molecule has 1 heterocycles. The Labute approximate surface area is 80.4 Å². The summed E-state index contributed by atoms with van der Waals surface area (Å²) < 4.78 is 0. The molecule has 0 fully saturated rings. The van der Waals surface area contributed by atoms with Gasteiger partial charge in [-0.25, -0.2) is 5.10 Å². The van der Waals surface area contributed by atoms with Crippen molar-refractivity contribution in [3.8, 4) is 11.1 Å². The van der Waals surface area contributed by atoms with Gasteiger partial charge in [0.25, 0.3) is 5.56 Å². The van der Waals surface area contributed by atoms with Crippen LogP contribution >= 0.6 is 0 Å². The van der Waals surface area contributed by atoms with Gasteiger partial charge in [-0.3, -0.25) is 4.79 Å². The molecule has 0 radical (unpaired) electrons. The SMILES string of the molecule is O=c1cc2c(n[nH]1)Cc1ccccc1-2. The molecule has 0 saturated carbocycles. The van der Waals surface area contributed by atoms with E-state index in [1.165, 1.54) is 5.56 Å². The van der Waals surface area contributed by atoms with Crippen molar-refractivity contribution >= 4 is 0 Å². The second kappa shape index (κ2) is 2.54. The van der Waals surface area contributed by atoms with Crippen LogP contribution in [0.1, 0.15) is 11.3 Å². The molecule has 3 heteroatoms. The molecule has 1 aliphatic carbocycles. The lowest BCUT2D eigenvalue weighted by Crippen LogP contribution is -2.07. The van der Waals surface area contributed by atoms with Crippen molar-refractivity contribution in [2.75, 3.05) is 0 Å². The van der Waals surface area contributed by atoms with Gasteiger partial charge in [-0.2, -0.15) is 5.10 Å². The molecule has 0 amide bonds. The number of nitrogens with zero attached hydrogens (tertiary/aromatic N) is 1. The van der Waals surface area contributed by atoms with Crippen molar-refractivity contribution in [2.45, 2.75) is 6.42 Å². The quantitative estimate of drug-likeness (QED) is 0.573. The fraction of sp³-hybridized carbons (Fsp3) is 0.0909. The zero-order chi connectivity index (χ0) is 9.54. The molecular weight excluding hydrogens is 176 g/mol. The van der Waals surface area contributed by atoms with E-state index in [0.717, 1.165) is 23.2 Å². The summed E-state index contributed by atoms with van der Waals surface area (Å²) in [5.74, 6) is 0. The molecule has 1 aromatic carbocycles. The Morgan fingerprint density at radius 2 is 2.07 bits per heavy atom. The van der Waals surface area contributed by atoms with E-state index in [-0.39, 0.29) is 5.56 Å². The van der Waals surface area contributed by atoms with Gasteiger partial charge >= 0.3 is 0 Å². The molecular formula is C11H8N2O. The number of hydrogen-bond acceptors (Lipinski definition) is 2. The summed E-state index contributed by atoms with van der Waals surface area (Å²) in [5.41, 5.74) is 4.19. The highest BCUT2D eigenvalue weighted by atomic mass is 16.1. The summed E-state index contributed by atoms with van der Waals surface area (Å²) in [5, 5.41) is 6.50. The van der Waals surface area contributed by atoms with E-state index in [2.05, 4.69) is 16.3 Å². The van der Waals surface area contributed by atoms with Crippen molar-refractivity contribution in [3.05, 3.63) is 51.9 Å². The molecule has 3 rings (SSSR count). The molecule has 3 nitrogen and oxygen atoms in total. The number of aromatic nitrogens is 2. The zero-order valence-electron chi connectivity index (χ0n) is 7.45. The lowest BCUT2D eigenvalue weighted by atomic mass is 10.1. The Hall–Kier alpha value is -1.90. The second-order valence-electron chi connectivity index (χ2n) is 3.43. The van der Waals surface area contributed by atoms with Gasteiger partial charge in [-0.05, 0) is 11.1 Å². The van der Waals surface area contributed by atoms with E-state index < -0.39 is 0 Å². The predicted octanol–water partition coefficient (Wildman–Crippen LogP) is 1.34. The van der Waals surface area contributed by atoms with Gasteiger partial charge in [0.1, 0.15) is 0 Å². The van der Waals surface area contributed by atoms with Gasteiger partial charge in [0.2, 0.25) is 0 Å². The van der Waals surface area contributed by atoms with Crippen LogP contribution in [0.4, 0.5) is 0 Å². The summed E-state index contributed by atoms with van der Waals surface area (Å²) in [6.45, 7) is 0. The number of H-pyrrole nitrogens is 1. The fourth-order valence-electron chi connectivity index (χ4n) is 1.92. The number of rotatable bonds is 0. The van der Waals surface area contributed by atoms with Crippen molar-refractivity contribution in [1.29, 1.82) is 0 Å². The largest absolute Gasteiger partial charge is 0.268 e. The van der Waals surface area contributed by atoms with Gasteiger partial charge < -0.3 is 0 Å². The molecule has 14 heavy (non-hydrogen) atoms. The molecule has 2 aromatic rings. The number of aromatic amines is 1. The van der Waals surface area contributed by atoms with Crippen LogP contribution in [0.25, 0.3) is 11.1 Å². The molecule has 68 valence electrons. The molecule has 0 bridgehead atoms. The highest BCUT2D eigenvalue weighted by Gasteiger charge is 2.18. The van der Waals surface area contributed by atoms with Crippen LogP contribution in [-0.4, -0.2) is 10.2 Å². The fourth-order valence-corrected chi connectivity index (χ4v) is 1.92. The van der Waals surface area contributed by atoms with E-state index >= 15 is 0 Å². The third-order valence-corrected chi connectivity index (χ3v) is 2.55. The van der Waals surface area contributed by atoms with Crippen LogP contribution in [0.15, 0.2) is 35.1 Å². The number of nitrogens with one attached hydrogen (secondary N) is 1.